The smallest absolute Gasteiger partial charge is 0.233 e. The van der Waals surface area contributed by atoms with Gasteiger partial charge in [-0.15, -0.1) is 0 Å². The van der Waals surface area contributed by atoms with E-state index in [0.29, 0.717) is 13.0 Å². The van der Waals surface area contributed by atoms with Crippen LogP contribution in [0.3, 0.4) is 0 Å². The third-order valence-electron chi connectivity index (χ3n) is 3.24. The molecule has 3 nitrogen and oxygen atoms in total. The van der Waals surface area contributed by atoms with E-state index in [2.05, 4.69) is 0 Å². The Morgan fingerprint density at radius 2 is 2.06 bits per heavy atom. The minimum absolute atomic E-state index is 0.00670. The van der Waals surface area contributed by atoms with Gasteiger partial charge in [0.1, 0.15) is 5.78 Å². The van der Waals surface area contributed by atoms with Crippen LogP contribution in [0.4, 0.5) is 0 Å². The Morgan fingerprint density at radius 3 is 2.71 bits per heavy atom. The highest BCUT2D eigenvalue weighted by Gasteiger charge is 2.31. The number of ketones is 1. The lowest BCUT2D eigenvalue weighted by molar-refractivity contribution is -0.144. The van der Waals surface area contributed by atoms with Crippen molar-refractivity contribution in [1.82, 2.24) is 4.90 Å². The van der Waals surface area contributed by atoms with Crippen LogP contribution < -0.4 is 0 Å². The summed E-state index contributed by atoms with van der Waals surface area (Å²) in [5, 5.41) is 0. The lowest BCUT2D eigenvalue weighted by Gasteiger charge is -2.31. The van der Waals surface area contributed by atoms with Gasteiger partial charge in [0.25, 0.3) is 0 Å². The number of benzene rings is 1. The van der Waals surface area contributed by atoms with Crippen molar-refractivity contribution >= 4 is 11.7 Å². The maximum Gasteiger partial charge on any atom is 0.233 e. The van der Waals surface area contributed by atoms with Gasteiger partial charge in [0.05, 0.1) is 5.92 Å². The zero-order chi connectivity index (χ0) is 12.3. The third-order valence-corrected chi connectivity index (χ3v) is 3.24. The molecule has 3 heteroatoms. The van der Waals surface area contributed by atoms with Gasteiger partial charge in [-0.2, -0.15) is 0 Å². The van der Waals surface area contributed by atoms with E-state index in [4.69, 9.17) is 0 Å². The molecule has 0 N–H and O–H groups in total. The molecule has 0 bridgehead atoms. The fraction of sp³-hybridized carbons (Fsp3) is 0.429. The number of nitrogens with zero attached hydrogens (tertiary/aromatic N) is 1. The summed E-state index contributed by atoms with van der Waals surface area (Å²) in [5.41, 5.74) is 1.12. The number of rotatable bonds is 3. The van der Waals surface area contributed by atoms with Crippen molar-refractivity contribution in [3.63, 3.8) is 0 Å². The van der Waals surface area contributed by atoms with E-state index in [0.717, 1.165) is 18.5 Å². The second-order valence-corrected chi connectivity index (χ2v) is 4.55. The zero-order valence-corrected chi connectivity index (χ0v) is 10.1. The highest BCUT2D eigenvalue weighted by molar-refractivity contribution is 6.00. The Balaban J connectivity index is 2.06. The van der Waals surface area contributed by atoms with Gasteiger partial charge in [0, 0.05) is 13.1 Å². The third kappa shape index (κ3) is 2.73. The normalized spacial score (nSPS) is 20.4. The average molecular weight is 231 g/mol. The number of piperidine rings is 1. The molecule has 0 aliphatic carbocycles. The fourth-order valence-electron chi connectivity index (χ4n) is 2.28. The molecular formula is C14H17NO2. The van der Waals surface area contributed by atoms with E-state index in [1.165, 1.54) is 6.92 Å². The molecule has 0 spiro atoms. The topological polar surface area (TPSA) is 37.4 Å². The van der Waals surface area contributed by atoms with Gasteiger partial charge in [-0.25, -0.2) is 0 Å². The number of hydrogen-bond donors (Lipinski definition) is 0. The van der Waals surface area contributed by atoms with Gasteiger partial charge < -0.3 is 4.90 Å². The Bertz CT molecular complexity index is 413. The quantitative estimate of drug-likeness (QED) is 0.746. The van der Waals surface area contributed by atoms with E-state index in [1.807, 2.05) is 30.3 Å². The first-order chi connectivity index (χ1) is 8.18. The van der Waals surface area contributed by atoms with Crippen molar-refractivity contribution in [3.8, 4) is 0 Å². The number of carbonyl (C=O) groups is 2. The number of amides is 1. The van der Waals surface area contributed by atoms with Crippen LogP contribution in [-0.4, -0.2) is 23.1 Å². The Morgan fingerprint density at radius 1 is 1.35 bits per heavy atom. The van der Waals surface area contributed by atoms with Crippen molar-refractivity contribution in [2.45, 2.75) is 26.3 Å². The van der Waals surface area contributed by atoms with Crippen LogP contribution in [0.5, 0.6) is 0 Å². The molecule has 2 rings (SSSR count). The van der Waals surface area contributed by atoms with Crippen LogP contribution in [0, 0.1) is 5.92 Å². The summed E-state index contributed by atoms with van der Waals surface area (Å²) in [6.45, 7) is 2.88. The minimum Gasteiger partial charge on any atom is -0.338 e. The molecule has 1 saturated heterocycles. The summed E-state index contributed by atoms with van der Waals surface area (Å²) in [6, 6.07) is 9.90. The SMILES string of the molecule is CC(=O)C1CCCN(Cc2ccccc2)C1=O. The average Bonchev–Trinajstić information content (AvgIpc) is 2.33. The van der Waals surface area contributed by atoms with Crippen LogP contribution in [-0.2, 0) is 16.1 Å². The van der Waals surface area contributed by atoms with Crippen LogP contribution in [0.1, 0.15) is 25.3 Å². The first-order valence-electron chi connectivity index (χ1n) is 6.01. The van der Waals surface area contributed by atoms with Gasteiger partial charge in [0.2, 0.25) is 5.91 Å². The lowest BCUT2D eigenvalue weighted by atomic mass is 9.93. The molecule has 1 aliphatic heterocycles. The number of likely N-dealkylation sites (tertiary alicyclic amines) is 1. The van der Waals surface area contributed by atoms with Crippen LogP contribution in [0.25, 0.3) is 0 Å². The Hall–Kier alpha value is -1.64. The number of carbonyl (C=O) groups excluding carboxylic acids is 2. The molecule has 0 radical (unpaired) electrons. The van der Waals surface area contributed by atoms with E-state index >= 15 is 0 Å². The second kappa shape index (κ2) is 5.13. The van der Waals surface area contributed by atoms with Gasteiger partial charge >= 0.3 is 0 Å². The van der Waals surface area contributed by atoms with Crippen molar-refractivity contribution in [1.29, 1.82) is 0 Å². The summed E-state index contributed by atoms with van der Waals surface area (Å²) in [7, 11) is 0. The van der Waals surface area contributed by atoms with Crippen molar-refractivity contribution in [3.05, 3.63) is 35.9 Å². The van der Waals surface area contributed by atoms with Gasteiger partial charge in [-0.3, -0.25) is 9.59 Å². The van der Waals surface area contributed by atoms with Crippen LogP contribution in [0.15, 0.2) is 30.3 Å². The molecular weight excluding hydrogens is 214 g/mol. The molecule has 17 heavy (non-hydrogen) atoms. The monoisotopic (exact) mass is 231 g/mol. The standard InChI is InChI=1S/C14H17NO2/c1-11(16)13-8-5-9-15(14(13)17)10-12-6-3-2-4-7-12/h2-4,6-7,13H,5,8-10H2,1H3. The largest absolute Gasteiger partial charge is 0.338 e. The van der Waals surface area contributed by atoms with Gasteiger partial charge in [0.15, 0.2) is 0 Å². The highest BCUT2D eigenvalue weighted by atomic mass is 16.2. The predicted molar refractivity (Wildman–Crippen MR) is 65.3 cm³/mol. The molecule has 1 aromatic rings. The molecule has 0 aromatic heterocycles. The maximum absolute atomic E-state index is 12.1. The molecule has 1 aliphatic rings. The number of hydrogen-bond acceptors (Lipinski definition) is 2. The molecule has 1 amide bonds. The van der Waals surface area contributed by atoms with Crippen molar-refractivity contribution < 1.29 is 9.59 Å². The first kappa shape index (κ1) is 11.8. The number of Topliss-reactive ketones (excluding diaryl/α,β-unsaturated/α-hetero) is 1. The molecule has 1 atom stereocenters. The van der Waals surface area contributed by atoms with Crippen molar-refractivity contribution in [2.75, 3.05) is 6.54 Å². The lowest BCUT2D eigenvalue weighted by Crippen LogP contribution is -2.43. The summed E-state index contributed by atoms with van der Waals surface area (Å²) in [4.78, 5) is 25.2. The first-order valence-corrected chi connectivity index (χ1v) is 6.01. The summed E-state index contributed by atoms with van der Waals surface area (Å²) in [5.74, 6) is -0.423. The minimum atomic E-state index is -0.410. The summed E-state index contributed by atoms with van der Waals surface area (Å²) < 4.78 is 0. The second-order valence-electron chi connectivity index (χ2n) is 4.55. The van der Waals surface area contributed by atoms with Gasteiger partial charge in [-0.05, 0) is 25.3 Å². The van der Waals surface area contributed by atoms with Crippen LogP contribution >= 0.6 is 0 Å². The molecule has 1 unspecified atom stereocenters. The highest BCUT2D eigenvalue weighted by Crippen LogP contribution is 2.20. The van der Waals surface area contributed by atoms with E-state index in [1.54, 1.807) is 4.90 Å². The maximum atomic E-state index is 12.1. The zero-order valence-electron chi connectivity index (χ0n) is 10.1. The van der Waals surface area contributed by atoms with E-state index in [-0.39, 0.29) is 11.7 Å². The Labute approximate surface area is 101 Å². The Kier molecular flexibility index (Phi) is 3.57. The summed E-state index contributed by atoms with van der Waals surface area (Å²) >= 11 is 0. The molecule has 1 fully saturated rings. The van der Waals surface area contributed by atoms with E-state index in [9.17, 15) is 9.59 Å². The van der Waals surface area contributed by atoms with E-state index < -0.39 is 5.92 Å². The predicted octanol–water partition coefficient (Wildman–Crippen LogP) is 2.01. The molecule has 1 aromatic carbocycles. The molecule has 1 heterocycles. The summed E-state index contributed by atoms with van der Waals surface area (Å²) in [6.07, 6.45) is 1.63. The molecule has 90 valence electrons. The van der Waals surface area contributed by atoms with Crippen LogP contribution in [0.2, 0.25) is 0 Å². The van der Waals surface area contributed by atoms with Gasteiger partial charge in [-0.1, -0.05) is 30.3 Å². The molecule has 0 saturated carbocycles. The van der Waals surface area contributed by atoms with Crippen molar-refractivity contribution in [2.24, 2.45) is 5.92 Å². The fourth-order valence-corrected chi connectivity index (χ4v) is 2.28.